The topological polar surface area (TPSA) is 15.3 Å². The van der Waals surface area contributed by atoms with Crippen LogP contribution in [0.1, 0.15) is 24.5 Å². The lowest BCUT2D eigenvalue weighted by molar-refractivity contribution is 0.181. The summed E-state index contributed by atoms with van der Waals surface area (Å²) >= 11 is 0. The van der Waals surface area contributed by atoms with Gasteiger partial charge in [0.2, 0.25) is 0 Å². The molecule has 0 saturated heterocycles. The van der Waals surface area contributed by atoms with Gasteiger partial charge in [-0.2, -0.15) is 0 Å². The van der Waals surface area contributed by atoms with E-state index in [2.05, 4.69) is 77.8 Å². The highest BCUT2D eigenvalue weighted by Gasteiger charge is 2.14. The first-order valence-corrected chi connectivity index (χ1v) is 7.76. The third kappa shape index (κ3) is 5.33. The molecule has 112 valence electrons. The summed E-state index contributed by atoms with van der Waals surface area (Å²) in [5.41, 5.74) is 2.76. The summed E-state index contributed by atoms with van der Waals surface area (Å²) in [6.07, 6.45) is 1.16. The maximum absolute atomic E-state index is 3.25. The van der Waals surface area contributed by atoms with E-state index >= 15 is 0 Å². The molecule has 0 aliphatic carbocycles. The third-order valence-electron chi connectivity index (χ3n) is 3.89. The van der Waals surface area contributed by atoms with Gasteiger partial charge in [0.25, 0.3) is 0 Å². The predicted octanol–water partition coefficient (Wildman–Crippen LogP) is 3.69. The lowest BCUT2D eigenvalue weighted by Crippen LogP contribution is -2.34. The fourth-order valence-corrected chi connectivity index (χ4v) is 2.54. The molecule has 2 heteroatoms. The van der Waals surface area contributed by atoms with Gasteiger partial charge in [0.05, 0.1) is 0 Å². The average molecular weight is 282 g/mol. The molecule has 0 bridgehead atoms. The zero-order valence-electron chi connectivity index (χ0n) is 13.1. The van der Waals surface area contributed by atoms with Gasteiger partial charge < -0.3 is 5.32 Å². The summed E-state index contributed by atoms with van der Waals surface area (Å²) < 4.78 is 0. The Bertz CT molecular complexity index is 454. The van der Waals surface area contributed by atoms with E-state index in [4.69, 9.17) is 0 Å². The standard InChI is InChI=1S/C19H26N2/c1-17(13-14-20-2)21(15-18-9-5-3-6-10-18)16-19-11-7-4-8-12-19/h3-12,17,20H,13-16H2,1-2H3. The molecule has 2 aromatic rings. The molecule has 0 spiro atoms. The number of hydrogen-bond acceptors (Lipinski definition) is 2. The molecule has 0 saturated carbocycles. The number of rotatable bonds is 8. The van der Waals surface area contributed by atoms with Crippen molar-refractivity contribution in [2.24, 2.45) is 0 Å². The van der Waals surface area contributed by atoms with E-state index < -0.39 is 0 Å². The normalized spacial score (nSPS) is 12.5. The predicted molar refractivity (Wildman–Crippen MR) is 90.1 cm³/mol. The lowest BCUT2D eigenvalue weighted by Gasteiger charge is -2.29. The lowest BCUT2D eigenvalue weighted by atomic mass is 10.1. The summed E-state index contributed by atoms with van der Waals surface area (Å²) in [5.74, 6) is 0. The van der Waals surface area contributed by atoms with Crippen LogP contribution < -0.4 is 5.32 Å². The van der Waals surface area contributed by atoms with Gasteiger partial charge in [0.15, 0.2) is 0 Å². The van der Waals surface area contributed by atoms with Crippen molar-refractivity contribution >= 4 is 0 Å². The maximum atomic E-state index is 3.25. The largest absolute Gasteiger partial charge is 0.320 e. The molecular weight excluding hydrogens is 256 g/mol. The van der Waals surface area contributed by atoms with Crippen LogP contribution in [0, 0.1) is 0 Å². The second kappa shape index (κ2) is 8.60. The zero-order chi connectivity index (χ0) is 14.9. The van der Waals surface area contributed by atoms with E-state index in [0.717, 1.165) is 26.1 Å². The minimum absolute atomic E-state index is 0.554. The first-order chi connectivity index (χ1) is 10.3. The fraction of sp³-hybridized carbons (Fsp3) is 0.368. The summed E-state index contributed by atoms with van der Waals surface area (Å²) in [7, 11) is 2.02. The zero-order valence-corrected chi connectivity index (χ0v) is 13.1. The molecule has 0 aromatic heterocycles. The van der Waals surface area contributed by atoms with Gasteiger partial charge in [0.1, 0.15) is 0 Å². The highest BCUT2D eigenvalue weighted by molar-refractivity contribution is 5.17. The first-order valence-electron chi connectivity index (χ1n) is 7.76. The van der Waals surface area contributed by atoms with Crippen LogP contribution in [0.4, 0.5) is 0 Å². The number of nitrogens with zero attached hydrogens (tertiary/aromatic N) is 1. The second-order valence-electron chi connectivity index (χ2n) is 5.62. The summed E-state index contributed by atoms with van der Waals surface area (Å²) in [4.78, 5) is 2.56. The summed E-state index contributed by atoms with van der Waals surface area (Å²) in [5, 5.41) is 3.25. The van der Waals surface area contributed by atoms with Crippen molar-refractivity contribution in [2.45, 2.75) is 32.5 Å². The van der Waals surface area contributed by atoms with Crippen LogP contribution in [0.3, 0.4) is 0 Å². The molecule has 0 heterocycles. The number of hydrogen-bond donors (Lipinski definition) is 1. The smallest absolute Gasteiger partial charge is 0.0240 e. The fourth-order valence-electron chi connectivity index (χ4n) is 2.54. The molecule has 1 N–H and O–H groups in total. The Morgan fingerprint density at radius 3 is 1.76 bits per heavy atom. The van der Waals surface area contributed by atoms with Crippen LogP contribution in [0.25, 0.3) is 0 Å². The molecule has 1 unspecified atom stereocenters. The van der Waals surface area contributed by atoms with Gasteiger partial charge in [-0.15, -0.1) is 0 Å². The Morgan fingerprint density at radius 1 is 0.857 bits per heavy atom. The van der Waals surface area contributed by atoms with Crippen molar-refractivity contribution in [3.63, 3.8) is 0 Å². The summed E-state index contributed by atoms with van der Waals surface area (Å²) in [6.45, 7) is 5.38. The Hall–Kier alpha value is -1.64. The second-order valence-corrected chi connectivity index (χ2v) is 5.62. The highest BCUT2D eigenvalue weighted by Crippen LogP contribution is 2.15. The van der Waals surface area contributed by atoms with Crippen molar-refractivity contribution in [1.82, 2.24) is 10.2 Å². The van der Waals surface area contributed by atoms with Crippen LogP contribution in [0.2, 0.25) is 0 Å². The Labute approximate surface area is 128 Å². The van der Waals surface area contributed by atoms with Gasteiger partial charge in [-0.1, -0.05) is 60.7 Å². The molecule has 0 aliphatic rings. The molecule has 0 fully saturated rings. The number of benzene rings is 2. The molecule has 0 radical (unpaired) electrons. The Kier molecular flexibility index (Phi) is 6.45. The molecule has 2 rings (SSSR count). The minimum atomic E-state index is 0.554. The minimum Gasteiger partial charge on any atom is -0.320 e. The highest BCUT2D eigenvalue weighted by atomic mass is 15.1. The van der Waals surface area contributed by atoms with Crippen molar-refractivity contribution in [3.05, 3.63) is 71.8 Å². The van der Waals surface area contributed by atoms with Gasteiger partial charge in [-0.25, -0.2) is 0 Å². The van der Waals surface area contributed by atoms with Crippen molar-refractivity contribution < 1.29 is 0 Å². The van der Waals surface area contributed by atoms with Crippen LogP contribution in [0.5, 0.6) is 0 Å². The van der Waals surface area contributed by atoms with Gasteiger partial charge in [-0.3, -0.25) is 4.90 Å². The van der Waals surface area contributed by atoms with Crippen molar-refractivity contribution in [3.8, 4) is 0 Å². The van der Waals surface area contributed by atoms with Gasteiger partial charge in [-0.05, 0) is 38.1 Å². The third-order valence-corrected chi connectivity index (χ3v) is 3.89. The SMILES string of the molecule is CNCCC(C)N(Cc1ccccc1)Cc1ccccc1. The van der Waals surface area contributed by atoms with Crippen LogP contribution in [-0.2, 0) is 13.1 Å². The Balaban J connectivity index is 2.06. The maximum Gasteiger partial charge on any atom is 0.0240 e. The molecule has 2 aromatic carbocycles. The molecule has 1 atom stereocenters. The van der Waals surface area contributed by atoms with Gasteiger partial charge >= 0.3 is 0 Å². The molecular formula is C19H26N2. The van der Waals surface area contributed by atoms with E-state index in [1.807, 2.05) is 7.05 Å². The van der Waals surface area contributed by atoms with Crippen LogP contribution in [-0.4, -0.2) is 24.5 Å². The van der Waals surface area contributed by atoms with E-state index in [9.17, 15) is 0 Å². The average Bonchev–Trinajstić information content (AvgIpc) is 2.54. The molecule has 2 nitrogen and oxygen atoms in total. The Morgan fingerprint density at radius 2 is 1.33 bits per heavy atom. The van der Waals surface area contributed by atoms with Crippen molar-refractivity contribution in [2.75, 3.05) is 13.6 Å². The molecule has 21 heavy (non-hydrogen) atoms. The first kappa shape index (κ1) is 15.7. The van der Waals surface area contributed by atoms with Crippen LogP contribution in [0.15, 0.2) is 60.7 Å². The monoisotopic (exact) mass is 282 g/mol. The molecule has 0 amide bonds. The number of nitrogens with one attached hydrogen (secondary N) is 1. The van der Waals surface area contributed by atoms with Crippen molar-refractivity contribution in [1.29, 1.82) is 0 Å². The van der Waals surface area contributed by atoms with E-state index in [0.29, 0.717) is 6.04 Å². The van der Waals surface area contributed by atoms with E-state index in [1.165, 1.54) is 11.1 Å². The van der Waals surface area contributed by atoms with E-state index in [1.54, 1.807) is 0 Å². The molecule has 0 aliphatic heterocycles. The van der Waals surface area contributed by atoms with E-state index in [-0.39, 0.29) is 0 Å². The van der Waals surface area contributed by atoms with Crippen LogP contribution >= 0.6 is 0 Å². The summed E-state index contributed by atoms with van der Waals surface area (Å²) in [6, 6.07) is 22.0. The quantitative estimate of drug-likeness (QED) is 0.794. The van der Waals surface area contributed by atoms with Gasteiger partial charge in [0, 0.05) is 19.1 Å².